The van der Waals surface area contributed by atoms with Crippen LogP contribution in [0.4, 0.5) is 0 Å². The molecule has 1 heterocycles. The number of nitrogens with zero attached hydrogens (tertiary/aromatic N) is 1. The lowest BCUT2D eigenvalue weighted by Crippen LogP contribution is -2.46. The Morgan fingerprint density at radius 3 is 2.68 bits per heavy atom. The summed E-state index contributed by atoms with van der Waals surface area (Å²) in [4.78, 5) is 10.9. The van der Waals surface area contributed by atoms with Gasteiger partial charge in [0.25, 0.3) is 0 Å². The Labute approximate surface area is 115 Å². The van der Waals surface area contributed by atoms with E-state index in [9.17, 15) is 13.2 Å². The van der Waals surface area contributed by atoms with E-state index >= 15 is 0 Å². The first-order valence-electron chi connectivity index (χ1n) is 6.84. The Kier molecular flexibility index (Phi) is 6.22. The van der Waals surface area contributed by atoms with Crippen LogP contribution in [0.2, 0.25) is 0 Å². The maximum atomic E-state index is 12.3. The van der Waals surface area contributed by atoms with E-state index in [4.69, 9.17) is 5.11 Å². The average molecular weight is 292 g/mol. The van der Waals surface area contributed by atoms with Crippen molar-refractivity contribution in [3.8, 4) is 0 Å². The minimum atomic E-state index is -3.77. The molecule has 7 heteroatoms. The number of hydrogen-bond acceptors (Lipinski definition) is 4. The fourth-order valence-electron chi connectivity index (χ4n) is 2.17. The van der Waals surface area contributed by atoms with Crippen LogP contribution in [0.15, 0.2) is 0 Å². The van der Waals surface area contributed by atoms with Gasteiger partial charge < -0.3 is 10.4 Å². The fourth-order valence-corrected chi connectivity index (χ4v) is 3.64. The summed E-state index contributed by atoms with van der Waals surface area (Å²) in [5.41, 5.74) is 0. The zero-order chi connectivity index (χ0) is 14.5. The number of unbranched alkanes of at least 4 members (excludes halogenated alkanes) is 1. The number of nitrogens with one attached hydrogen (secondary N) is 1. The molecule has 1 aliphatic heterocycles. The number of sulfonamides is 1. The fraction of sp³-hybridized carbons (Fsp3) is 0.917. The van der Waals surface area contributed by atoms with Crippen LogP contribution in [0.5, 0.6) is 0 Å². The first-order valence-corrected chi connectivity index (χ1v) is 8.35. The Morgan fingerprint density at radius 2 is 2.21 bits per heavy atom. The molecule has 0 aliphatic carbocycles. The highest BCUT2D eigenvalue weighted by molar-refractivity contribution is 7.90. The largest absolute Gasteiger partial charge is 0.480 e. The number of aliphatic carboxylic acids is 1. The lowest BCUT2D eigenvalue weighted by molar-refractivity contribution is -0.136. The van der Waals surface area contributed by atoms with Gasteiger partial charge in [-0.1, -0.05) is 13.3 Å². The third-order valence-corrected chi connectivity index (χ3v) is 5.65. The molecular formula is C12H24N2O4S. The number of rotatable bonds is 8. The van der Waals surface area contributed by atoms with Crippen LogP contribution < -0.4 is 5.32 Å². The van der Waals surface area contributed by atoms with Gasteiger partial charge in [0.1, 0.15) is 0 Å². The van der Waals surface area contributed by atoms with Crippen LogP contribution in [0.1, 0.15) is 39.5 Å². The van der Waals surface area contributed by atoms with Gasteiger partial charge in [-0.2, -0.15) is 4.31 Å². The van der Waals surface area contributed by atoms with Crippen molar-refractivity contribution in [1.82, 2.24) is 9.62 Å². The maximum absolute atomic E-state index is 12.3. The summed E-state index contributed by atoms with van der Waals surface area (Å²) in [7, 11) is -3.77. The highest BCUT2D eigenvalue weighted by Crippen LogP contribution is 2.15. The quantitative estimate of drug-likeness (QED) is 0.686. The molecule has 2 atom stereocenters. The second kappa shape index (κ2) is 7.21. The summed E-state index contributed by atoms with van der Waals surface area (Å²) < 4.78 is 25.9. The van der Waals surface area contributed by atoms with Crippen molar-refractivity contribution in [1.29, 1.82) is 0 Å². The van der Waals surface area contributed by atoms with Gasteiger partial charge in [0.05, 0.1) is 0 Å². The molecule has 0 aromatic carbocycles. The summed E-state index contributed by atoms with van der Waals surface area (Å²) in [5, 5.41) is 10.8. The highest BCUT2D eigenvalue weighted by atomic mass is 32.2. The van der Waals surface area contributed by atoms with E-state index in [-0.39, 0.29) is 6.04 Å². The molecule has 0 spiro atoms. The Balaban J connectivity index is 2.78. The predicted molar refractivity (Wildman–Crippen MR) is 73.5 cm³/mol. The third kappa shape index (κ3) is 4.43. The molecule has 1 saturated heterocycles. The zero-order valence-electron chi connectivity index (χ0n) is 11.6. The molecule has 0 aromatic heterocycles. The Hall–Kier alpha value is -0.660. The zero-order valence-corrected chi connectivity index (χ0v) is 12.4. The predicted octanol–water partition coefficient (Wildman–Crippen LogP) is 0.643. The average Bonchev–Trinajstić information content (AvgIpc) is 2.85. The number of carbonyl (C=O) groups is 1. The molecular weight excluding hydrogens is 268 g/mol. The summed E-state index contributed by atoms with van der Waals surface area (Å²) in [5.74, 6) is -1.29. The minimum absolute atomic E-state index is 0.146. The maximum Gasteiger partial charge on any atom is 0.323 e. The van der Waals surface area contributed by atoms with E-state index in [1.807, 2.05) is 6.92 Å². The third-order valence-electron chi connectivity index (χ3n) is 3.50. The summed E-state index contributed by atoms with van der Waals surface area (Å²) in [6, 6.07) is 0.146. The first-order chi connectivity index (χ1) is 8.89. The highest BCUT2D eigenvalue weighted by Gasteiger charge is 2.35. The van der Waals surface area contributed by atoms with Crippen LogP contribution >= 0.6 is 0 Å². The van der Waals surface area contributed by atoms with Crippen molar-refractivity contribution in [3.05, 3.63) is 0 Å². The molecule has 0 saturated carbocycles. The van der Waals surface area contributed by atoms with Gasteiger partial charge in [-0.05, 0) is 32.7 Å². The van der Waals surface area contributed by atoms with Crippen molar-refractivity contribution in [2.75, 3.05) is 19.6 Å². The van der Waals surface area contributed by atoms with Crippen molar-refractivity contribution in [3.63, 3.8) is 0 Å². The SMILES string of the molecule is CCCCN(CC1CCCN1)S(=O)(=O)C(C)C(=O)O. The second-order valence-electron chi connectivity index (χ2n) is 5.03. The summed E-state index contributed by atoms with van der Waals surface area (Å²) in [6.07, 6.45) is 3.62. The normalized spacial score (nSPS) is 21.7. The van der Waals surface area contributed by atoms with Gasteiger partial charge in [-0.3, -0.25) is 4.79 Å². The van der Waals surface area contributed by atoms with E-state index in [0.717, 1.165) is 32.2 Å². The number of carboxylic acids is 1. The van der Waals surface area contributed by atoms with Crippen LogP contribution in [-0.2, 0) is 14.8 Å². The van der Waals surface area contributed by atoms with Gasteiger partial charge >= 0.3 is 5.97 Å². The van der Waals surface area contributed by atoms with E-state index in [0.29, 0.717) is 13.1 Å². The Morgan fingerprint density at radius 1 is 1.53 bits per heavy atom. The topological polar surface area (TPSA) is 86.7 Å². The van der Waals surface area contributed by atoms with Gasteiger partial charge in [-0.25, -0.2) is 8.42 Å². The van der Waals surface area contributed by atoms with Crippen molar-refractivity contribution in [2.24, 2.45) is 0 Å². The second-order valence-corrected chi connectivity index (χ2v) is 7.28. The van der Waals surface area contributed by atoms with E-state index < -0.39 is 21.2 Å². The molecule has 2 N–H and O–H groups in total. The van der Waals surface area contributed by atoms with Crippen LogP contribution in [-0.4, -0.2) is 54.7 Å². The lowest BCUT2D eigenvalue weighted by Gasteiger charge is -2.26. The summed E-state index contributed by atoms with van der Waals surface area (Å²) in [6.45, 7) is 4.90. The molecule has 0 bridgehead atoms. The number of carboxylic acid groups (broad SMARTS) is 1. The van der Waals surface area contributed by atoms with E-state index in [1.165, 1.54) is 11.2 Å². The van der Waals surface area contributed by atoms with E-state index in [2.05, 4.69) is 5.32 Å². The van der Waals surface area contributed by atoms with Crippen molar-refractivity contribution >= 4 is 16.0 Å². The molecule has 0 aromatic rings. The molecule has 6 nitrogen and oxygen atoms in total. The lowest BCUT2D eigenvalue weighted by atomic mass is 10.2. The molecule has 0 radical (unpaired) electrons. The summed E-state index contributed by atoms with van der Waals surface area (Å²) >= 11 is 0. The van der Waals surface area contributed by atoms with Gasteiger partial charge in [-0.15, -0.1) is 0 Å². The minimum Gasteiger partial charge on any atom is -0.480 e. The van der Waals surface area contributed by atoms with Gasteiger partial charge in [0, 0.05) is 19.1 Å². The molecule has 0 amide bonds. The molecule has 1 rings (SSSR count). The van der Waals surface area contributed by atoms with Crippen molar-refractivity contribution < 1.29 is 18.3 Å². The van der Waals surface area contributed by atoms with Crippen LogP contribution in [0.25, 0.3) is 0 Å². The van der Waals surface area contributed by atoms with E-state index in [1.54, 1.807) is 0 Å². The van der Waals surface area contributed by atoms with Gasteiger partial charge in [0.15, 0.2) is 5.25 Å². The number of hydrogen-bond donors (Lipinski definition) is 2. The van der Waals surface area contributed by atoms with Crippen LogP contribution in [0.3, 0.4) is 0 Å². The van der Waals surface area contributed by atoms with Crippen LogP contribution in [0, 0.1) is 0 Å². The van der Waals surface area contributed by atoms with Gasteiger partial charge in [0.2, 0.25) is 10.0 Å². The standard InChI is InChI=1S/C12H24N2O4S/c1-3-4-8-14(9-11-6-5-7-13-11)19(17,18)10(2)12(15)16/h10-11,13H,3-9H2,1-2H3,(H,15,16). The Bertz CT molecular complexity index is 391. The smallest absolute Gasteiger partial charge is 0.323 e. The molecule has 1 fully saturated rings. The molecule has 112 valence electrons. The molecule has 1 aliphatic rings. The first kappa shape index (κ1) is 16.4. The molecule has 2 unspecified atom stereocenters. The monoisotopic (exact) mass is 292 g/mol. The molecule has 19 heavy (non-hydrogen) atoms. The van der Waals surface area contributed by atoms with Crippen molar-refractivity contribution in [2.45, 2.75) is 50.8 Å².